The fourth-order valence-electron chi connectivity index (χ4n) is 4.21. The number of fused-ring (bicyclic) bond motifs is 1. The molecule has 0 amide bonds. The monoisotopic (exact) mass is 470 g/mol. The van der Waals surface area contributed by atoms with Crippen molar-refractivity contribution in [3.63, 3.8) is 0 Å². The molecule has 1 atom stereocenters. The number of morpholine rings is 1. The van der Waals surface area contributed by atoms with E-state index in [1.165, 1.54) is 17.0 Å². The average molecular weight is 470 g/mol. The van der Waals surface area contributed by atoms with Crippen molar-refractivity contribution in [3.8, 4) is 11.3 Å². The van der Waals surface area contributed by atoms with E-state index < -0.39 is 26.5 Å². The number of rotatable bonds is 4. The maximum Gasteiger partial charge on any atom is 0.432 e. The van der Waals surface area contributed by atoms with Crippen molar-refractivity contribution < 1.29 is 26.3 Å². The Morgan fingerprint density at radius 3 is 2.62 bits per heavy atom. The molecule has 9 nitrogen and oxygen atoms in total. The van der Waals surface area contributed by atoms with E-state index >= 15 is 0 Å². The van der Waals surface area contributed by atoms with Crippen molar-refractivity contribution in [2.45, 2.75) is 36.7 Å². The zero-order chi connectivity index (χ0) is 22.9. The van der Waals surface area contributed by atoms with Gasteiger partial charge in [0.25, 0.3) is 0 Å². The third kappa shape index (κ3) is 3.25. The van der Waals surface area contributed by atoms with Crippen LogP contribution in [0.25, 0.3) is 16.9 Å². The van der Waals surface area contributed by atoms with E-state index in [0.29, 0.717) is 44.1 Å². The molecule has 13 heteroatoms. The third-order valence-electron chi connectivity index (χ3n) is 6.16. The SMILES string of the molecule is CC1COCCN1c1cc(C2(S(C)(=O)=O)CC2)n2ncc(-c3cc(C(F)(F)F)[nH]n3)c2n1. The van der Waals surface area contributed by atoms with Crippen LogP contribution in [-0.2, 0) is 25.5 Å². The lowest BCUT2D eigenvalue weighted by molar-refractivity contribution is -0.141. The molecule has 3 aromatic rings. The van der Waals surface area contributed by atoms with Gasteiger partial charge in [-0.25, -0.2) is 17.9 Å². The molecule has 3 aromatic heterocycles. The third-order valence-corrected chi connectivity index (χ3v) is 8.20. The fraction of sp³-hybridized carbons (Fsp3) is 0.526. The number of H-pyrrole nitrogens is 1. The molecule has 0 spiro atoms. The van der Waals surface area contributed by atoms with Gasteiger partial charge in [0.05, 0.1) is 42.4 Å². The lowest BCUT2D eigenvalue weighted by Gasteiger charge is -2.34. The molecule has 0 aromatic carbocycles. The molecule has 5 rings (SSSR count). The van der Waals surface area contributed by atoms with E-state index in [1.807, 2.05) is 16.9 Å². The zero-order valence-corrected chi connectivity index (χ0v) is 18.2. The minimum Gasteiger partial charge on any atom is -0.377 e. The Hall–Kier alpha value is -2.67. The molecular formula is C19H21F3N6O3S. The molecule has 172 valence electrons. The zero-order valence-electron chi connectivity index (χ0n) is 17.3. The Morgan fingerprint density at radius 2 is 2.03 bits per heavy atom. The number of hydrogen-bond donors (Lipinski definition) is 1. The van der Waals surface area contributed by atoms with Gasteiger partial charge in [-0.05, 0) is 25.8 Å². The largest absolute Gasteiger partial charge is 0.432 e. The molecule has 1 saturated heterocycles. The predicted octanol–water partition coefficient (Wildman–Crippen LogP) is 2.40. The summed E-state index contributed by atoms with van der Waals surface area (Å²) in [6.07, 6.45) is -1.13. The van der Waals surface area contributed by atoms with Gasteiger partial charge in [-0.1, -0.05) is 0 Å². The molecule has 2 aliphatic rings. The van der Waals surface area contributed by atoms with E-state index in [9.17, 15) is 21.6 Å². The first-order valence-electron chi connectivity index (χ1n) is 10.1. The Morgan fingerprint density at radius 1 is 1.28 bits per heavy atom. The summed E-state index contributed by atoms with van der Waals surface area (Å²) in [5.41, 5.74) is 0.0370. The van der Waals surface area contributed by atoms with Gasteiger partial charge in [0.15, 0.2) is 15.5 Å². The standard InChI is InChI=1S/C19H21F3N6O3S/c1-11-10-31-6-5-27(11)16-8-15(18(3-4-18)32(2,29)30)28-17(24-16)12(9-23-28)13-7-14(26-25-13)19(20,21)22/h7-9,11H,3-6,10H2,1-2H3,(H,25,26). The highest BCUT2D eigenvalue weighted by molar-refractivity contribution is 7.91. The van der Waals surface area contributed by atoms with Gasteiger partial charge >= 0.3 is 6.18 Å². The molecular weight excluding hydrogens is 449 g/mol. The highest BCUT2D eigenvalue weighted by Crippen LogP contribution is 2.53. The number of aromatic amines is 1. The van der Waals surface area contributed by atoms with Crippen molar-refractivity contribution in [1.82, 2.24) is 24.8 Å². The van der Waals surface area contributed by atoms with Crippen LogP contribution in [0.3, 0.4) is 0 Å². The lowest BCUT2D eigenvalue weighted by Crippen LogP contribution is -2.44. The van der Waals surface area contributed by atoms with E-state index in [1.54, 1.807) is 6.07 Å². The summed E-state index contributed by atoms with van der Waals surface area (Å²) in [6.45, 7) is 3.50. The minimum absolute atomic E-state index is 0.00600. The second kappa shape index (κ2) is 6.91. The predicted molar refractivity (Wildman–Crippen MR) is 109 cm³/mol. The van der Waals surface area contributed by atoms with E-state index in [0.717, 1.165) is 6.07 Å². The van der Waals surface area contributed by atoms with Crippen LogP contribution in [0.2, 0.25) is 0 Å². The van der Waals surface area contributed by atoms with Crippen LogP contribution in [0.15, 0.2) is 18.3 Å². The van der Waals surface area contributed by atoms with Crippen LogP contribution < -0.4 is 4.90 Å². The molecule has 1 N–H and O–H groups in total. The molecule has 1 saturated carbocycles. The van der Waals surface area contributed by atoms with Crippen molar-refractivity contribution >= 4 is 21.3 Å². The van der Waals surface area contributed by atoms with E-state index in [2.05, 4.69) is 15.2 Å². The Labute approximate surface area is 181 Å². The van der Waals surface area contributed by atoms with Crippen molar-refractivity contribution in [3.05, 3.63) is 29.7 Å². The number of sulfone groups is 1. The van der Waals surface area contributed by atoms with E-state index in [-0.39, 0.29) is 22.9 Å². The number of ether oxygens (including phenoxy) is 1. The minimum atomic E-state index is -4.57. The molecule has 0 bridgehead atoms. The van der Waals surface area contributed by atoms with Gasteiger partial charge in [0, 0.05) is 18.9 Å². The first kappa shape index (κ1) is 21.2. The summed E-state index contributed by atoms with van der Waals surface area (Å²) < 4.78 is 70.4. The van der Waals surface area contributed by atoms with Crippen LogP contribution >= 0.6 is 0 Å². The highest BCUT2D eigenvalue weighted by Gasteiger charge is 2.56. The van der Waals surface area contributed by atoms with Crippen LogP contribution in [0.5, 0.6) is 0 Å². The van der Waals surface area contributed by atoms with Crippen LogP contribution in [0.4, 0.5) is 19.0 Å². The van der Waals surface area contributed by atoms with Crippen LogP contribution in [-0.4, -0.2) is 65.3 Å². The summed E-state index contributed by atoms with van der Waals surface area (Å²) >= 11 is 0. The van der Waals surface area contributed by atoms with Gasteiger partial charge in [-0.3, -0.25) is 5.10 Å². The van der Waals surface area contributed by atoms with Crippen LogP contribution in [0.1, 0.15) is 31.2 Å². The summed E-state index contributed by atoms with van der Waals surface area (Å²) in [6, 6.07) is 2.62. The van der Waals surface area contributed by atoms with Crippen molar-refractivity contribution in [2.75, 3.05) is 30.9 Å². The van der Waals surface area contributed by atoms with Gasteiger partial charge < -0.3 is 9.64 Å². The lowest BCUT2D eigenvalue weighted by atomic mass is 10.2. The van der Waals surface area contributed by atoms with Crippen molar-refractivity contribution in [2.24, 2.45) is 0 Å². The summed E-state index contributed by atoms with van der Waals surface area (Å²) in [5, 5.41) is 10.1. The number of nitrogens with zero attached hydrogens (tertiary/aromatic N) is 5. The second-order valence-corrected chi connectivity index (χ2v) is 10.7. The summed E-state index contributed by atoms with van der Waals surface area (Å²) in [7, 11) is -3.47. The Balaban J connectivity index is 1.72. The van der Waals surface area contributed by atoms with Crippen molar-refractivity contribution in [1.29, 1.82) is 0 Å². The topological polar surface area (TPSA) is 105 Å². The number of anilines is 1. The van der Waals surface area contributed by atoms with E-state index in [4.69, 9.17) is 4.74 Å². The molecule has 1 aliphatic carbocycles. The smallest absolute Gasteiger partial charge is 0.377 e. The first-order valence-corrected chi connectivity index (χ1v) is 12.0. The number of aromatic nitrogens is 5. The average Bonchev–Trinajstić information content (AvgIpc) is 3.19. The molecule has 1 aliphatic heterocycles. The fourth-order valence-corrected chi connectivity index (χ4v) is 5.57. The molecule has 2 fully saturated rings. The maximum absolute atomic E-state index is 13.1. The Bertz CT molecular complexity index is 1300. The number of hydrogen-bond acceptors (Lipinski definition) is 7. The second-order valence-electron chi connectivity index (χ2n) is 8.34. The number of nitrogens with one attached hydrogen (secondary N) is 1. The van der Waals surface area contributed by atoms with Gasteiger partial charge in [-0.2, -0.15) is 23.4 Å². The molecule has 4 heterocycles. The Kier molecular flexibility index (Phi) is 4.58. The van der Waals surface area contributed by atoms with Gasteiger partial charge in [-0.15, -0.1) is 0 Å². The molecule has 1 unspecified atom stereocenters. The molecule has 0 radical (unpaired) electrons. The maximum atomic E-state index is 13.1. The number of halogens is 3. The van der Waals surface area contributed by atoms with Gasteiger partial charge in [0.2, 0.25) is 0 Å². The molecule has 32 heavy (non-hydrogen) atoms. The normalized spacial score (nSPS) is 21.3. The highest BCUT2D eigenvalue weighted by atomic mass is 32.2. The van der Waals surface area contributed by atoms with Gasteiger partial charge in [0.1, 0.15) is 16.3 Å². The summed E-state index contributed by atoms with van der Waals surface area (Å²) in [4.78, 5) is 6.69. The number of alkyl halides is 3. The first-order chi connectivity index (χ1) is 15.0. The quantitative estimate of drug-likeness (QED) is 0.624. The van der Waals surface area contributed by atoms with Crippen LogP contribution in [0, 0.1) is 0 Å². The summed E-state index contributed by atoms with van der Waals surface area (Å²) in [5.74, 6) is 0.534.